The molecule has 8 heteroatoms. The Morgan fingerprint density at radius 3 is 2.24 bits per heavy atom. The number of carboxylic acid groups (broad SMARTS) is 1. The molecule has 0 aromatic carbocycles. The largest absolute Gasteiger partial charge is 0.481 e. The molecular formula is C9H12F3NO4. The number of halogens is 3. The Bertz CT molecular complexity index is 340. The summed E-state index contributed by atoms with van der Waals surface area (Å²) in [4.78, 5) is 26.0. The molecule has 5 nitrogen and oxygen atoms in total. The molecule has 0 saturated heterocycles. The molecule has 0 aromatic heterocycles. The highest BCUT2D eigenvalue weighted by molar-refractivity contribution is 5.91. The maximum Gasteiger partial charge on any atom is 0.414 e. The Morgan fingerprint density at radius 1 is 1.35 bits per heavy atom. The second-order valence-electron chi connectivity index (χ2n) is 4.49. The molecule has 2 atom stereocenters. The van der Waals surface area contributed by atoms with Crippen LogP contribution in [-0.2, 0) is 14.4 Å². The number of rotatable bonds is 4. The van der Waals surface area contributed by atoms with E-state index in [4.69, 9.17) is 5.11 Å². The van der Waals surface area contributed by atoms with E-state index in [1.165, 1.54) is 0 Å². The first kappa shape index (κ1) is 13.8. The number of carboxylic acids is 1. The van der Waals surface area contributed by atoms with E-state index in [9.17, 15) is 22.8 Å². The van der Waals surface area contributed by atoms with Gasteiger partial charge < -0.3 is 5.11 Å². The number of carbonyl (C=O) groups excluding carboxylic acids is 1. The molecule has 1 amide bonds. The second-order valence-corrected chi connectivity index (χ2v) is 4.49. The van der Waals surface area contributed by atoms with Crippen LogP contribution in [0.1, 0.15) is 13.8 Å². The third-order valence-corrected chi connectivity index (χ3v) is 2.78. The van der Waals surface area contributed by atoms with Gasteiger partial charge in [-0.15, -0.1) is 0 Å². The van der Waals surface area contributed by atoms with Crippen LogP contribution in [0.4, 0.5) is 13.2 Å². The summed E-state index contributed by atoms with van der Waals surface area (Å²) in [5.41, 5.74) is 0.853. The van der Waals surface area contributed by atoms with E-state index in [2.05, 4.69) is 4.84 Å². The number of nitrogens with one attached hydrogen (secondary N) is 1. The van der Waals surface area contributed by atoms with Crippen LogP contribution in [0.3, 0.4) is 0 Å². The van der Waals surface area contributed by atoms with Gasteiger partial charge in [-0.1, -0.05) is 13.8 Å². The van der Waals surface area contributed by atoms with Gasteiger partial charge in [-0.3, -0.25) is 14.4 Å². The van der Waals surface area contributed by atoms with Crippen molar-refractivity contribution in [2.24, 2.45) is 17.3 Å². The fraction of sp³-hybridized carbons (Fsp3) is 0.778. The first-order valence-corrected chi connectivity index (χ1v) is 4.78. The summed E-state index contributed by atoms with van der Waals surface area (Å²) in [5.74, 6) is -3.75. The van der Waals surface area contributed by atoms with E-state index in [-0.39, 0.29) is 0 Å². The molecule has 17 heavy (non-hydrogen) atoms. The molecule has 0 aromatic rings. The van der Waals surface area contributed by atoms with Crippen molar-refractivity contribution in [3.8, 4) is 0 Å². The fourth-order valence-electron chi connectivity index (χ4n) is 1.84. The molecule has 1 saturated carbocycles. The van der Waals surface area contributed by atoms with Crippen LogP contribution in [0.15, 0.2) is 0 Å². The number of hydrogen-bond donors (Lipinski definition) is 2. The van der Waals surface area contributed by atoms with Crippen molar-refractivity contribution in [1.82, 2.24) is 5.48 Å². The van der Waals surface area contributed by atoms with Gasteiger partial charge in [-0.2, -0.15) is 13.2 Å². The Labute approximate surface area is 94.9 Å². The number of amides is 1. The molecule has 1 rings (SSSR count). The monoisotopic (exact) mass is 255 g/mol. The van der Waals surface area contributed by atoms with Crippen LogP contribution in [0.25, 0.3) is 0 Å². The minimum Gasteiger partial charge on any atom is -0.481 e. The molecule has 0 bridgehead atoms. The van der Waals surface area contributed by atoms with Crippen molar-refractivity contribution in [1.29, 1.82) is 0 Å². The molecule has 0 aliphatic heterocycles. The molecule has 1 fully saturated rings. The third-order valence-electron chi connectivity index (χ3n) is 2.78. The van der Waals surface area contributed by atoms with E-state index >= 15 is 0 Å². The lowest BCUT2D eigenvalue weighted by atomic mass is 10.1. The highest BCUT2D eigenvalue weighted by Gasteiger charge is 2.66. The van der Waals surface area contributed by atoms with Crippen LogP contribution in [0.5, 0.6) is 0 Å². The number of hydroxylamine groups is 1. The van der Waals surface area contributed by atoms with E-state index in [0.29, 0.717) is 0 Å². The van der Waals surface area contributed by atoms with Crippen molar-refractivity contribution >= 4 is 11.9 Å². The van der Waals surface area contributed by atoms with E-state index in [0.717, 1.165) is 0 Å². The molecule has 0 radical (unpaired) electrons. The first-order chi connectivity index (χ1) is 7.57. The zero-order valence-electron chi connectivity index (χ0n) is 9.17. The van der Waals surface area contributed by atoms with Crippen molar-refractivity contribution < 1.29 is 32.7 Å². The van der Waals surface area contributed by atoms with Crippen molar-refractivity contribution in [3.63, 3.8) is 0 Å². The predicted molar refractivity (Wildman–Crippen MR) is 48.5 cm³/mol. The van der Waals surface area contributed by atoms with Gasteiger partial charge in [-0.05, 0) is 5.41 Å². The van der Waals surface area contributed by atoms with Crippen LogP contribution in [0, 0.1) is 17.3 Å². The molecule has 0 heterocycles. The van der Waals surface area contributed by atoms with Crippen molar-refractivity contribution in [2.45, 2.75) is 20.0 Å². The molecule has 1 aliphatic carbocycles. The van der Waals surface area contributed by atoms with Crippen molar-refractivity contribution in [2.75, 3.05) is 6.61 Å². The maximum absolute atomic E-state index is 11.7. The van der Waals surface area contributed by atoms with E-state index in [1.54, 1.807) is 19.3 Å². The number of hydrogen-bond acceptors (Lipinski definition) is 3. The van der Waals surface area contributed by atoms with Crippen LogP contribution < -0.4 is 5.48 Å². The van der Waals surface area contributed by atoms with E-state index in [1.807, 2.05) is 0 Å². The van der Waals surface area contributed by atoms with Gasteiger partial charge in [0, 0.05) is 0 Å². The molecule has 2 N–H and O–H groups in total. The summed E-state index contributed by atoms with van der Waals surface area (Å²) in [6.07, 6.45) is -4.54. The highest BCUT2D eigenvalue weighted by Crippen LogP contribution is 2.58. The molecule has 0 unspecified atom stereocenters. The number of alkyl halides is 3. The third kappa shape index (κ3) is 3.09. The predicted octanol–water partition coefficient (Wildman–Crippen LogP) is 0.953. The lowest BCUT2D eigenvalue weighted by molar-refractivity contribution is -0.192. The first-order valence-electron chi connectivity index (χ1n) is 4.78. The summed E-state index contributed by atoms with van der Waals surface area (Å²) in [5, 5.41) is 8.76. The smallest absolute Gasteiger partial charge is 0.414 e. The number of carbonyl (C=O) groups is 2. The van der Waals surface area contributed by atoms with Gasteiger partial charge in [0.15, 0.2) is 6.61 Å². The van der Waals surface area contributed by atoms with Crippen LogP contribution in [-0.4, -0.2) is 29.8 Å². The summed E-state index contributed by atoms with van der Waals surface area (Å²) in [6, 6.07) is 0. The fourth-order valence-corrected chi connectivity index (χ4v) is 1.84. The zero-order valence-corrected chi connectivity index (χ0v) is 9.17. The van der Waals surface area contributed by atoms with Gasteiger partial charge in [0.05, 0.1) is 11.8 Å². The quantitative estimate of drug-likeness (QED) is 0.733. The topological polar surface area (TPSA) is 75.6 Å². The zero-order chi connectivity index (χ0) is 13.4. The SMILES string of the molecule is CC1(C)[C@H](C(=O)O)[C@@H]1C(=O)NOCC(F)(F)F. The second kappa shape index (κ2) is 4.17. The average Bonchev–Trinajstić information content (AvgIpc) is 2.66. The Balaban J connectivity index is 2.43. The number of aliphatic carboxylic acids is 1. The molecule has 0 spiro atoms. The normalized spacial score (nSPS) is 26.4. The minimum atomic E-state index is -4.54. The molecule has 1 aliphatic rings. The molecule has 98 valence electrons. The summed E-state index contributed by atoms with van der Waals surface area (Å²) in [6.45, 7) is 1.50. The minimum absolute atomic E-state index is 0.766. The maximum atomic E-state index is 11.7. The summed E-state index contributed by atoms with van der Waals surface area (Å²) in [7, 11) is 0. The van der Waals surface area contributed by atoms with E-state index < -0.39 is 41.9 Å². The standard InChI is InChI=1S/C9H12F3NO4/c1-8(2)4(5(8)7(15)16)6(14)13-17-3-9(10,11)12/h4-5H,3H2,1-2H3,(H,13,14)(H,15,16)/t4-,5+/m1/s1. The van der Waals surface area contributed by atoms with Gasteiger partial charge in [0.1, 0.15) is 0 Å². The van der Waals surface area contributed by atoms with Crippen molar-refractivity contribution in [3.05, 3.63) is 0 Å². The van der Waals surface area contributed by atoms with Crippen LogP contribution >= 0.6 is 0 Å². The lowest BCUT2D eigenvalue weighted by Crippen LogP contribution is -2.31. The lowest BCUT2D eigenvalue weighted by Gasteiger charge is -2.08. The Hall–Kier alpha value is -1.31. The summed E-state index contributed by atoms with van der Waals surface area (Å²) >= 11 is 0. The Morgan fingerprint density at radius 2 is 1.88 bits per heavy atom. The van der Waals surface area contributed by atoms with Crippen LogP contribution in [0.2, 0.25) is 0 Å². The highest BCUT2D eigenvalue weighted by atomic mass is 19.4. The van der Waals surface area contributed by atoms with Gasteiger partial charge in [0.25, 0.3) is 0 Å². The summed E-state index contributed by atoms with van der Waals surface area (Å²) < 4.78 is 35.1. The van der Waals surface area contributed by atoms with Gasteiger partial charge in [-0.25, -0.2) is 5.48 Å². The molecular weight excluding hydrogens is 243 g/mol. The Kier molecular flexibility index (Phi) is 3.37. The van der Waals surface area contributed by atoms with Gasteiger partial charge in [0.2, 0.25) is 5.91 Å². The average molecular weight is 255 g/mol. The van der Waals surface area contributed by atoms with Gasteiger partial charge >= 0.3 is 12.1 Å².